The molecular weight excluding hydrogens is 2480 g/mol. The molecule has 0 spiro atoms. The zero-order chi connectivity index (χ0) is 73.3. The Labute approximate surface area is 717 Å². The molecular formula is C84H69F3Ir5N6O7PtS2-6. The van der Waals surface area contributed by atoms with Crippen LogP contribution in [0.5, 0.6) is 0 Å². The smallest absolute Gasteiger partial charge is 0.381 e. The Morgan fingerprint density at radius 3 is 1.12 bits per heavy atom. The van der Waals surface area contributed by atoms with Crippen molar-refractivity contribution in [2.45, 2.75) is 47.7 Å². The van der Waals surface area contributed by atoms with E-state index in [9.17, 15) is 27.6 Å². The predicted octanol–water partition coefficient (Wildman–Crippen LogP) is 21.4. The fraction of sp³-hybridized carbons (Fsp3) is 0.0833. The number of fused-ring (bicyclic) bond motifs is 2. The van der Waals surface area contributed by atoms with Crippen LogP contribution in [0.25, 0.3) is 87.7 Å². The van der Waals surface area contributed by atoms with Crippen LogP contribution in [0.1, 0.15) is 47.1 Å². The van der Waals surface area contributed by atoms with Gasteiger partial charge < -0.3 is 39.7 Å². The first-order chi connectivity index (χ1) is 49.2. The Kier molecular flexibility index (Phi) is 51.5. The first-order valence-electron chi connectivity index (χ1n) is 31.1. The molecule has 7 aromatic carbocycles. The standard InChI is InChI=1S/C13H8NO.C13H8NS.C12H7F3N.2C11H8N.C9H6NS.3C5H8O2.5Ir.Pt/c2*1-2-6-10(7-3-1)13-14-11-8-4-5-9-12(11)15-13;13-12(14,15)10-6-4-9(5-7-10)11-3-1-2-8-16-11;2*1-2-6-10(7-3-1)11-8-4-5-9-12-11;1-2-6-10-8(4-1)9-5-3-7-11-9;3*1-4(6)3-5(2)7;;;;;;/h2*1-6,8-9H;1-4,6-8H;2*1-6,8-9H;1-4,6-7H;3*3,6H,1-2H3;;;;;;/q6*-1;;;;;;;;;. The van der Waals surface area contributed by atoms with Crippen LogP contribution in [0.3, 0.4) is 0 Å². The topological polar surface area (TPSA) is 202 Å². The second-order valence-corrected chi connectivity index (χ2v) is 23.0. The first-order valence-corrected chi connectivity index (χ1v) is 32.8. The molecule has 0 atom stereocenters. The fourth-order valence-corrected chi connectivity index (χ4v) is 9.82. The zero-order valence-electron chi connectivity index (χ0n) is 58.3. The van der Waals surface area contributed by atoms with Crippen LogP contribution in [-0.4, -0.2) is 62.6 Å². The number of aromatic nitrogens is 6. The number of hydrogen-bond acceptors (Lipinski definition) is 15. The third-order valence-electron chi connectivity index (χ3n) is 12.4. The second-order valence-electron chi connectivity index (χ2n) is 21.0. The van der Waals surface area contributed by atoms with Gasteiger partial charge in [-0.25, -0.2) is 11.3 Å². The molecule has 0 amide bonds. The Morgan fingerprint density at radius 2 is 0.787 bits per heavy atom. The van der Waals surface area contributed by atoms with E-state index in [1.54, 1.807) is 65.7 Å². The molecule has 0 bridgehead atoms. The first kappa shape index (κ1) is 99.6. The minimum absolute atomic E-state index is 0. The molecule has 571 valence electrons. The summed E-state index contributed by atoms with van der Waals surface area (Å²) in [6.45, 7) is 8.54. The van der Waals surface area contributed by atoms with Gasteiger partial charge in [0, 0.05) is 174 Å². The summed E-state index contributed by atoms with van der Waals surface area (Å²) < 4.78 is 43.7. The van der Waals surface area contributed by atoms with Gasteiger partial charge >= 0.3 is 6.18 Å². The van der Waals surface area contributed by atoms with E-state index in [0.717, 1.165) is 78.0 Å². The maximum absolute atomic E-state index is 12.3. The van der Waals surface area contributed by atoms with Crippen molar-refractivity contribution in [3.05, 3.63) is 350 Å². The SMILES string of the molecule is CC(=O)C=C(C)O.CC(=O)C=C(C)O.CC(=O)C=C(C)O.FC(F)(F)c1c[c-]c(-c2ccccn2)cc1.[Ir].[Ir].[Ir].[Ir].[Ir].[Pt].[c-]1ccccc1-c1ccccn1.[c-]1ccccc1-c1ccccn1.[c-]1ccccc1-c1nc2ccccc2o1.[c-]1ccccc1-c1nc2ccccc2s1.[c-]1ccsc1-c1ccccn1. The molecule has 108 heavy (non-hydrogen) atoms. The molecule has 24 heteroatoms. The summed E-state index contributed by atoms with van der Waals surface area (Å²) in [5.41, 5.74) is 10.2. The average Bonchev–Trinajstić information content (AvgIpc) is 1.01. The van der Waals surface area contributed by atoms with Crippen molar-refractivity contribution in [1.29, 1.82) is 0 Å². The average molecular weight is 2550 g/mol. The number of aliphatic hydroxyl groups excluding tert-OH is 3. The molecule has 0 saturated carbocycles. The van der Waals surface area contributed by atoms with Gasteiger partial charge in [0.2, 0.25) is 0 Å². The number of thiazole rings is 1. The van der Waals surface area contributed by atoms with Gasteiger partial charge in [0.25, 0.3) is 0 Å². The molecule has 0 aliphatic carbocycles. The molecule has 0 fully saturated rings. The molecule has 5 radical (unpaired) electrons. The third-order valence-corrected chi connectivity index (χ3v) is 14.4. The van der Waals surface area contributed by atoms with Crippen LogP contribution in [0.2, 0.25) is 0 Å². The number of rotatable bonds is 9. The van der Waals surface area contributed by atoms with E-state index >= 15 is 0 Å². The van der Waals surface area contributed by atoms with Crippen molar-refractivity contribution < 1.29 is 169 Å². The Balaban J connectivity index is 0.00000120. The van der Waals surface area contributed by atoms with Crippen molar-refractivity contribution in [2.24, 2.45) is 0 Å². The quantitative estimate of drug-likeness (QED) is 0.0700. The molecule has 14 aromatic rings. The maximum Gasteiger partial charge on any atom is 0.381 e. The van der Waals surface area contributed by atoms with E-state index < -0.39 is 11.7 Å². The number of para-hydroxylation sites is 3. The van der Waals surface area contributed by atoms with E-state index in [1.807, 2.05) is 206 Å². The van der Waals surface area contributed by atoms with Crippen molar-refractivity contribution in [2.75, 3.05) is 0 Å². The number of alkyl halides is 3. The van der Waals surface area contributed by atoms with Gasteiger partial charge in [-0.1, -0.05) is 83.2 Å². The van der Waals surface area contributed by atoms with Gasteiger partial charge in [-0.15, -0.1) is 173 Å². The van der Waals surface area contributed by atoms with Crippen LogP contribution in [0, 0.1) is 36.4 Å². The predicted molar refractivity (Wildman–Crippen MR) is 400 cm³/mol. The molecule has 0 unspecified atom stereocenters. The fourth-order valence-electron chi connectivity index (χ4n) is 8.22. The van der Waals surface area contributed by atoms with Gasteiger partial charge in [0.1, 0.15) is 11.5 Å². The number of allylic oxidation sites excluding steroid dienone is 6. The van der Waals surface area contributed by atoms with Crippen LogP contribution in [-0.2, 0) is 142 Å². The Morgan fingerprint density at radius 1 is 0.407 bits per heavy atom. The number of nitrogens with zero attached hydrogens (tertiary/aromatic N) is 6. The number of benzene rings is 7. The van der Waals surface area contributed by atoms with E-state index in [1.165, 1.54) is 70.5 Å². The summed E-state index contributed by atoms with van der Waals surface area (Å²) >= 11 is 3.37. The van der Waals surface area contributed by atoms with Crippen molar-refractivity contribution in [1.82, 2.24) is 29.9 Å². The normalized spacial score (nSPS) is 10.0. The number of halogens is 3. The molecule has 13 nitrogen and oxygen atoms in total. The summed E-state index contributed by atoms with van der Waals surface area (Å²) in [6, 6.07) is 93.5. The van der Waals surface area contributed by atoms with Gasteiger partial charge in [0.05, 0.1) is 28.3 Å². The number of aliphatic hydroxyl groups is 3. The second kappa shape index (κ2) is 55.9. The van der Waals surface area contributed by atoms with Crippen LogP contribution < -0.4 is 0 Å². The summed E-state index contributed by atoms with van der Waals surface area (Å²) in [5, 5.41) is 28.1. The molecule has 7 heterocycles. The van der Waals surface area contributed by atoms with Crippen LogP contribution in [0.15, 0.2) is 313 Å². The van der Waals surface area contributed by atoms with Gasteiger partial charge in [-0.2, -0.15) is 36.6 Å². The summed E-state index contributed by atoms with van der Waals surface area (Å²) in [5.74, 6) is 0.435. The van der Waals surface area contributed by atoms with Gasteiger partial charge in [-0.05, 0) is 118 Å². The number of pyridine rings is 4. The van der Waals surface area contributed by atoms with Gasteiger partial charge in [0.15, 0.2) is 17.3 Å². The summed E-state index contributed by atoms with van der Waals surface area (Å²) in [6.07, 6.45) is 6.13. The third kappa shape index (κ3) is 39.1. The number of ketones is 3. The monoisotopic (exact) mass is 2550 g/mol. The van der Waals surface area contributed by atoms with Crippen molar-refractivity contribution in [3.63, 3.8) is 0 Å². The molecule has 14 rings (SSSR count). The van der Waals surface area contributed by atoms with E-state index in [2.05, 4.69) is 72.4 Å². The number of thiophene rings is 1. The molecule has 0 saturated heterocycles. The minimum atomic E-state index is -4.32. The van der Waals surface area contributed by atoms with Crippen LogP contribution >= 0.6 is 22.7 Å². The number of hydrogen-bond donors (Lipinski definition) is 3. The van der Waals surface area contributed by atoms with E-state index in [4.69, 9.17) is 19.7 Å². The number of oxazole rings is 1. The van der Waals surface area contributed by atoms with Gasteiger partial charge in [-0.3, -0.25) is 24.4 Å². The maximum atomic E-state index is 12.3. The molecule has 7 aromatic heterocycles. The van der Waals surface area contributed by atoms with Crippen molar-refractivity contribution >= 4 is 61.3 Å². The van der Waals surface area contributed by atoms with Crippen LogP contribution in [0.4, 0.5) is 13.2 Å². The molecule has 0 aliphatic heterocycles. The number of carbonyl (C=O) groups is 3. The zero-order valence-corrected chi connectivity index (χ0v) is 74.2. The summed E-state index contributed by atoms with van der Waals surface area (Å²) in [4.78, 5) is 56.8. The summed E-state index contributed by atoms with van der Waals surface area (Å²) in [7, 11) is 0. The number of carbonyl (C=O) groups excluding carboxylic acids is 3. The van der Waals surface area contributed by atoms with E-state index in [0.29, 0.717) is 17.1 Å². The minimum Gasteiger partial charge on any atom is -0.512 e. The Hall–Kier alpha value is -8.44. The largest absolute Gasteiger partial charge is 0.512 e. The molecule has 0 aliphatic rings. The van der Waals surface area contributed by atoms with E-state index in [-0.39, 0.29) is 156 Å². The Bertz CT molecular complexity index is 4440. The van der Waals surface area contributed by atoms with Crippen molar-refractivity contribution in [3.8, 4) is 66.4 Å². The molecule has 3 N–H and O–H groups in total.